The number of nitrogens with zero attached hydrogens (tertiary/aromatic N) is 2. The van der Waals surface area contributed by atoms with E-state index < -0.39 is 0 Å². The predicted octanol–water partition coefficient (Wildman–Crippen LogP) is 5.03. The Balaban J connectivity index is 1.77. The molecule has 2 fully saturated rings. The summed E-state index contributed by atoms with van der Waals surface area (Å²) in [6, 6.07) is 6.07. The number of allylic oxidation sites excluding steroid dienone is 2. The number of aryl methyl sites for hydroxylation is 1. The highest BCUT2D eigenvalue weighted by atomic mass is 16.1. The van der Waals surface area contributed by atoms with Gasteiger partial charge in [-0.2, -0.15) is 0 Å². The normalized spacial score (nSPS) is 25.7. The molecule has 3 atom stereocenters. The number of nitrogens with one attached hydrogen (secondary N) is 1. The molecule has 1 saturated heterocycles. The largest absolute Gasteiger partial charge is 0.362 e. The van der Waals surface area contributed by atoms with Crippen LogP contribution in [0.1, 0.15) is 62.9 Å². The topological polar surface area (TPSA) is 46.9 Å². The second-order valence-corrected chi connectivity index (χ2v) is 8.80. The van der Waals surface area contributed by atoms with Crippen LogP contribution < -0.4 is 10.9 Å². The monoisotopic (exact) mass is 377 g/mol. The second-order valence-electron chi connectivity index (χ2n) is 8.80. The zero-order valence-corrected chi connectivity index (χ0v) is 17.1. The highest BCUT2D eigenvalue weighted by Gasteiger charge is 2.26. The molecule has 1 aliphatic carbocycles. The maximum Gasteiger partial charge on any atom is 0.262 e. The lowest BCUT2D eigenvalue weighted by Gasteiger charge is -2.30. The summed E-state index contributed by atoms with van der Waals surface area (Å²) in [6.07, 6.45) is 7.81. The first kappa shape index (κ1) is 19.0. The van der Waals surface area contributed by atoms with E-state index in [1.165, 1.54) is 25.7 Å². The molecule has 28 heavy (non-hydrogen) atoms. The van der Waals surface area contributed by atoms with E-state index in [1.807, 2.05) is 23.6 Å². The molecule has 0 bridgehead atoms. The van der Waals surface area contributed by atoms with Gasteiger partial charge in [0.15, 0.2) is 0 Å². The molecule has 4 rings (SSSR count). The van der Waals surface area contributed by atoms with Gasteiger partial charge in [-0.1, -0.05) is 51.5 Å². The Labute approximate surface area is 167 Å². The van der Waals surface area contributed by atoms with Crippen LogP contribution in [0.4, 0.5) is 0 Å². The molecule has 4 heteroatoms. The molecular formula is C24H31N3O. The minimum atomic E-state index is -0.0716. The lowest BCUT2D eigenvalue weighted by atomic mass is 9.79. The van der Waals surface area contributed by atoms with Crippen LogP contribution in [0.3, 0.4) is 0 Å². The third-order valence-electron chi connectivity index (χ3n) is 6.52. The van der Waals surface area contributed by atoms with E-state index in [0.29, 0.717) is 5.92 Å². The first-order valence-corrected chi connectivity index (χ1v) is 10.6. The maximum absolute atomic E-state index is 13.6. The van der Waals surface area contributed by atoms with Crippen molar-refractivity contribution in [3.63, 3.8) is 0 Å². The van der Waals surface area contributed by atoms with Crippen molar-refractivity contribution in [2.24, 2.45) is 11.8 Å². The summed E-state index contributed by atoms with van der Waals surface area (Å²) in [6.45, 7) is 12.4. The van der Waals surface area contributed by atoms with Gasteiger partial charge >= 0.3 is 0 Å². The molecule has 2 aliphatic rings. The average molecular weight is 378 g/mol. The standard InChI is InChI=1S/C24H31N3O/c1-15-7-5-8-19(13-15)14-20-9-6-10-21-23(20)24(28)27(18(4)26-21)22-12-11-16(2)25-17(22)3/h6,9-10,15,19,22,25H,2-3,5,7-8,11-14H2,1,4H3. The number of piperidine rings is 1. The highest BCUT2D eigenvalue weighted by Crippen LogP contribution is 2.33. The minimum Gasteiger partial charge on any atom is -0.362 e. The lowest BCUT2D eigenvalue weighted by molar-refractivity contribution is 0.282. The predicted molar refractivity (Wildman–Crippen MR) is 115 cm³/mol. The van der Waals surface area contributed by atoms with Crippen LogP contribution in [0.5, 0.6) is 0 Å². The molecule has 0 amide bonds. The summed E-state index contributed by atoms with van der Waals surface area (Å²) in [4.78, 5) is 18.4. The van der Waals surface area contributed by atoms with Crippen molar-refractivity contribution in [1.29, 1.82) is 0 Å². The van der Waals surface area contributed by atoms with E-state index in [0.717, 1.165) is 58.9 Å². The Morgan fingerprint density at radius 2 is 2.07 bits per heavy atom. The number of rotatable bonds is 3. The van der Waals surface area contributed by atoms with Gasteiger partial charge in [0.2, 0.25) is 0 Å². The quantitative estimate of drug-likeness (QED) is 0.816. The van der Waals surface area contributed by atoms with E-state index in [2.05, 4.69) is 31.5 Å². The third kappa shape index (κ3) is 3.52. The van der Waals surface area contributed by atoms with Gasteiger partial charge in [-0.15, -0.1) is 0 Å². The molecule has 0 radical (unpaired) electrons. The zero-order valence-electron chi connectivity index (χ0n) is 17.1. The van der Waals surface area contributed by atoms with Crippen molar-refractivity contribution in [3.8, 4) is 0 Å². The van der Waals surface area contributed by atoms with E-state index in [1.54, 1.807) is 0 Å². The smallest absolute Gasteiger partial charge is 0.262 e. The first-order chi connectivity index (χ1) is 13.4. The van der Waals surface area contributed by atoms with Gasteiger partial charge in [-0.05, 0) is 56.1 Å². The molecule has 1 saturated carbocycles. The van der Waals surface area contributed by atoms with Crippen LogP contribution >= 0.6 is 0 Å². The number of hydrogen-bond donors (Lipinski definition) is 1. The van der Waals surface area contributed by atoms with Gasteiger partial charge in [0.25, 0.3) is 5.56 Å². The molecule has 148 valence electrons. The fourth-order valence-corrected chi connectivity index (χ4v) is 5.16. The zero-order chi connectivity index (χ0) is 19.8. The van der Waals surface area contributed by atoms with Crippen LogP contribution in [-0.2, 0) is 6.42 Å². The summed E-state index contributed by atoms with van der Waals surface area (Å²) in [5, 5.41) is 4.03. The Hall–Kier alpha value is -2.36. The molecule has 1 aromatic carbocycles. The number of aromatic nitrogens is 2. The van der Waals surface area contributed by atoms with Crippen molar-refractivity contribution < 1.29 is 0 Å². The molecule has 2 aromatic rings. The molecule has 2 heterocycles. The van der Waals surface area contributed by atoms with Crippen molar-refractivity contribution in [1.82, 2.24) is 14.9 Å². The highest BCUT2D eigenvalue weighted by molar-refractivity contribution is 5.81. The van der Waals surface area contributed by atoms with Crippen LogP contribution in [0.2, 0.25) is 0 Å². The van der Waals surface area contributed by atoms with Gasteiger partial charge in [0, 0.05) is 11.4 Å². The van der Waals surface area contributed by atoms with E-state index >= 15 is 0 Å². The van der Waals surface area contributed by atoms with E-state index in [9.17, 15) is 4.79 Å². The first-order valence-electron chi connectivity index (χ1n) is 10.6. The van der Waals surface area contributed by atoms with Crippen molar-refractivity contribution in [3.05, 3.63) is 64.5 Å². The molecule has 1 N–H and O–H groups in total. The van der Waals surface area contributed by atoms with Gasteiger partial charge in [-0.25, -0.2) is 4.98 Å². The minimum absolute atomic E-state index is 0.0716. The van der Waals surface area contributed by atoms with Crippen LogP contribution in [0.25, 0.3) is 10.9 Å². The summed E-state index contributed by atoms with van der Waals surface area (Å²) in [7, 11) is 0. The molecule has 1 aromatic heterocycles. The number of benzene rings is 1. The maximum atomic E-state index is 13.6. The summed E-state index contributed by atoms with van der Waals surface area (Å²) in [5.74, 6) is 2.20. The van der Waals surface area contributed by atoms with E-state index in [-0.39, 0.29) is 11.6 Å². The third-order valence-corrected chi connectivity index (χ3v) is 6.52. The fraction of sp³-hybridized carbons (Fsp3) is 0.500. The number of fused-ring (bicyclic) bond motifs is 1. The SMILES string of the molecule is C=C1CCC(n2c(C)nc3cccc(CC4CCCC(C)C4)c3c2=O)C(=C)N1. The van der Waals surface area contributed by atoms with Gasteiger partial charge in [0.1, 0.15) is 5.82 Å². The van der Waals surface area contributed by atoms with Gasteiger partial charge in [0.05, 0.1) is 16.9 Å². The summed E-state index contributed by atoms with van der Waals surface area (Å²) >= 11 is 0. The van der Waals surface area contributed by atoms with Crippen LogP contribution in [0.15, 0.2) is 47.5 Å². The van der Waals surface area contributed by atoms with Crippen molar-refractivity contribution >= 4 is 10.9 Å². The Bertz CT molecular complexity index is 987. The van der Waals surface area contributed by atoms with Gasteiger partial charge < -0.3 is 5.32 Å². The van der Waals surface area contributed by atoms with Gasteiger partial charge in [-0.3, -0.25) is 9.36 Å². The lowest BCUT2D eigenvalue weighted by Crippen LogP contribution is -2.35. The summed E-state index contributed by atoms with van der Waals surface area (Å²) in [5.41, 5.74) is 3.84. The van der Waals surface area contributed by atoms with E-state index in [4.69, 9.17) is 4.98 Å². The molecule has 1 aliphatic heterocycles. The number of hydrogen-bond acceptors (Lipinski definition) is 3. The van der Waals surface area contributed by atoms with Crippen LogP contribution in [0, 0.1) is 18.8 Å². The van der Waals surface area contributed by atoms with Crippen molar-refractivity contribution in [2.75, 3.05) is 0 Å². The second kappa shape index (κ2) is 7.57. The molecule has 0 spiro atoms. The molecule has 4 nitrogen and oxygen atoms in total. The molecular weight excluding hydrogens is 346 g/mol. The Morgan fingerprint density at radius 1 is 1.25 bits per heavy atom. The Morgan fingerprint density at radius 3 is 2.82 bits per heavy atom. The van der Waals surface area contributed by atoms with Crippen LogP contribution in [-0.4, -0.2) is 9.55 Å². The van der Waals surface area contributed by atoms with Crippen molar-refractivity contribution in [2.45, 2.75) is 64.8 Å². The average Bonchev–Trinajstić information content (AvgIpc) is 2.63. The Kier molecular flexibility index (Phi) is 5.13. The fourth-order valence-electron chi connectivity index (χ4n) is 5.16. The molecule has 3 unspecified atom stereocenters. The summed E-state index contributed by atoms with van der Waals surface area (Å²) < 4.78 is 1.84.